The molecule has 0 aliphatic rings. The average molecular weight is 476 g/mol. The lowest BCUT2D eigenvalue weighted by molar-refractivity contribution is 0.354. The molecule has 0 radical (unpaired) electrons. The first-order valence-electron chi connectivity index (χ1n) is 7.84. The third-order valence-corrected chi connectivity index (χ3v) is 4.75. The second kappa shape index (κ2) is 7.51. The van der Waals surface area contributed by atoms with E-state index in [-0.39, 0.29) is 0 Å². The van der Waals surface area contributed by atoms with Gasteiger partial charge in [0, 0.05) is 32.9 Å². The SMILES string of the molecule is Brc1ccc(-c2noc(CCc3nc(-c4ccc(Br)cc4)no3)n2)cc1. The normalized spacial score (nSPS) is 11.0. The van der Waals surface area contributed by atoms with E-state index < -0.39 is 0 Å². The predicted octanol–water partition coefficient (Wildman–Crippen LogP) is 5.10. The molecule has 0 spiro atoms. The van der Waals surface area contributed by atoms with Crippen molar-refractivity contribution in [3.63, 3.8) is 0 Å². The fraction of sp³-hybridized carbons (Fsp3) is 0.111. The van der Waals surface area contributed by atoms with Gasteiger partial charge in [-0.1, -0.05) is 42.2 Å². The van der Waals surface area contributed by atoms with Crippen LogP contribution in [0.1, 0.15) is 11.8 Å². The van der Waals surface area contributed by atoms with Crippen LogP contribution in [0, 0.1) is 0 Å². The highest BCUT2D eigenvalue weighted by atomic mass is 79.9. The molecule has 0 saturated heterocycles. The maximum atomic E-state index is 5.31. The van der Waals surface area contributed by atoms with E-state index in [4.69, 9.17) is 9.05 Å². The number of nitrogens with zero attached hydrogens (tertiary/aromatic N) is 4. The van der Waals surface area contributed by atoms with Crippen LogP contribution < -0.4 is 0 Å². The van der Waals surface area contributed by atoms with E-state index >= 15 is 0 Å². The van der Waals surface area contributed by atoms with E-state index in [2.05, 4.69) is 52.1 Å². The number of benzene rings is 2. The molecule has 0 aliphatic carbocycles. The Morgan fingerprint density at radius 3 is 1.38 bits per heavy atom. The van der Waals surface area contributed by atoms with Crippen LogP contribution in [-0.4, -0.2) is 20.3 Å². The van der Waals surface area contributed by atoms with Gasteiger partial charge in [0.05, 0.1) is 0 Å². The van der Waals surface area contributed by atoms with E-state index in [1.54, 1.807) is 0 Å². The van der Waals surface area contributed by atoms with Crippen molar-refractivity contribution in [1.29, 1.82) is 0 Å². The lowest BCUT2D eigenvalue weighted by Gasteiger charge is -1.94. The van der Waals surface area contributed by atoms with Crippen molar-refractivity contribution >= 4 is 31.9 Å². The first-order chi connectivity index (χ1) is 12.7. The molecule has 4 aromatic rings. The molecule has 0 N–H and O–H groups in total. The smallest absolute Gasteiger partial charge is 0.227 e. The molecule has 0 fully saturated rings. The second-order valence-electron chi connectivity index (χ2n) is 5.54. The zero-order chi connectivity index (χ0) is 17.9. The van der Waals surface area contributed by atoms with Gasteiger partial charge < -0.3 is 9.05 Å². The van der Waals surface area contributed by atoms with Crippen LogP contribution in [0.3, 0.4) is 0 Å². The van der Waals surface area contributed by atoms with Crippen LogP contribution in [0.15, 0.2) is 66.5 Å². The fourth-order valence-corrected chi connectivity index (χ4v) is 2.89. The standard InChI is InChI=1S/C18H12Br2N4O2/c19-13-5-1-11(2-6-13)17-21-15(25-23-17)9-10-16-22-18(24-26-16)12-3-7-14(20)8-4-12/h1-8H,9-10H2. The van der Waals surface area contributed by atoms with E-state index in [0.717, 1.165) is 20.1 Å². The zero-order valence-corrected chi connectivity index (χ0v) is 16.6. The summed E-state index contributed by atoms with van der Waals surface area (Å²) in [6.45, 7) is 0. The molecule has 2 aromatic heterocycles. The van der Waals surface area contributed by atoms with Crippen LogP contribution in [0.4, 0.5) is 0 Å². The van der Waals surface area contributed by atoms with Gasteiger partial charge >= 0.3 is 0 Å². The van der Waals surface area contributed by atoms with E-state index in [1.165, 1.54) is 0 Å². The maximum Gasteiger partial charge on any atom is 0.227 e. The highest BCUT2D eigenvalue weighted by Gasteiger charge is 2.12. The van der Waals surface area contributed by atoms with Gasteiger partial charge in [-0.25, -0.2) is 0 Å². The molecule has 26 heavy (non-hydrogen) atoms. The fourth-order valence-electron chi connectivity index (χ4n) is 2.36. The van der Waals surface area contributed by atoms with Crippen molar-refractivity contribution in [3.05, 3.63) is 69.3 Å². The van der Waals surface area contributed by atoms with E-state index in [9.17, 15) is 0 Å². The van der Waals surface area contributed by atoms with Crippen LogP contribution in [0.5, 0.6) is 0 Å². The summed E-state index contributed by atoms with van der Waals surface area (Å²) >= 11 is 6.81. The number of hydrogen-bond donors (Lipinski definition) is 0. The Labute approximate surface area is 165 Å². The van der Waals surface area contributed by atoms with E-state index in [0.29, 0.717) is 36.3 Å². The predicted molar refractivity (Wildman–Crippen MR) is 102 cm³/mol. The molecule has 0 atom stereocenters. The quantitative estimate of drug-likeness (QED) is 0.399. The zero-order valence-electron chi connectivity index (χ0n) is 13.4. The van der Waals surface area contributed by atoms with Gasteiger partial charge in [0.1, 0.15) is 0 Å². The molecular weight excluding hydrogens is 464 g/mol. The molecule has 130 valence electrons. The molecule has 2 heterocycles. The number of rotatable bonds is 5. The molecule has 4 rings (SSSR count). The topological polar surface area (TPSA) is 77.8 Å². The van der Waals surface area contributed by atoms with Crippen LogP contribution >= 0.6 is 31.9 Å². The maximum absolute atomic E-state index is 5.31. The van der Waals surface area contributed by atoms with Crippen molar-refractivity contribution in [2.24, 2.45) is 0 Å². The Balaban J connectivity index is 1.42. The minimum absolute atomic E-state index is 0.533. The number of aryl methyl sites for hydroxylation is 2. The summed E-state index contributed by atoms with van der Waals surface area (Å²) in [6, 6.07) is 15.5. The van der Waals surface area contributed by atoms with Gasteiger partial charge in [0.2, 0.25) is 23.4 Å². The van der Waals surface area contributed by atoms with Gasteiger partial charge in [-0.2, -0.15) is 9.97 Å². The molecular formula is C18H12Br2N4O2. The van der Waals surface area contributed by atoms with Crippen molar-refractivity contribution in [2.45, 2.75) is 12.8 Å². The molecule has 0 amide bonds. The third kappa shape index (κ3) is 3.91. The highest BCUT2D eigenvalue weighted by molar-refractivity contribution is 9.10. The summed E-state index contributed by atoms with van der Waals surface area (Å²) in [4.78, 5) is 8.82. The Bertz CT molecular complexity index is 927. The van der Waals surface area contributed by atoms with Gasteiger partial charge in [0.25, 0.3) is 0 Å². The first-order valence-corrected chi connectivity index (χ1v) is 9.43. The summed E-state index contributed by atoms with van der Waals surface area (Å²) in [6.07, 6.45) is 1.07. The third-order valence-electron chi connectivity index (χ3n) is 3.69. The summed E-state index contributed by atoms with van der Waals surface area (Å²) in [5, 5.41) is 8.03. The van der Waals surface area contributed by atoms with Crippen LogP contribution in [0.2, 0.25) is 0 Å². The van der Waals surface area contributed by atoms with Gasteiger partial charge in [-0.05, 0) is 48.5 Å². The molecule has 2 aromatic carbocycles. The van der Waals surface area contributed by atoms with Crippen molar-refractivity contribution in [1.82, 2.24) is 20.3 Å². The Morgan fingerprint density at radius 2 is 1.00 bits per heavy atom. The van der Waals surface area contributed by atoms with Gasteiger partial charge in [0.15, 0.2) is 0 Å². The number of halogens is 2. The van der Waals surface area contributed by atoms with Crippen molar-refractivity contribution < 1.29 is 9.05 Å². The summed E-state index contributed by atoms with van der Waals surface area (Å²) < 4.78 is 12.6. The largest absolute Gasteiger partial charge is 0.339 e. The van der Waals surface area contributed by atoms with Crippen LogP contribution in [-0.2, 0) is 12.8 Å². The molecule has 8 heteroatoms. The summed E-state index contributed by atoms with van der Waals surface area (Å²) in [5.74, 6) is 2.19. The van der Waals surface area contributed by atoms with Crippen molar-refractivity contribution in [2.75, 3.05) is 0 Å². The molecule has 0 saturated carbocycles. The molecule has 6 nitrogen and oxygen atoms in total. The minimum atomic E-state index is 0.533. The summed E-state index contributed by atoms with van der Waals surface area (Å²) in [5.41, 5.74) is 1.80. The Kier molecular flexibility index (Phi) is 4.94. The minimum Gasteiger partial charge on any atom is -0.339 e. The molecule has 0 bridgehead atoms. The first kappa shape index (κ1) is 17.1. The lowest BCUT2D eigenvalue weighted by Crippen LogP contribution is -1.92. The second-order valence-corrected chi connectivity index (χ2v) is 7.37. The lowest BCUT2D eigenvalue weighted by atomic mass is 10.2. The average Bonchev–Trinajstić information content (AvgIpc) is 3.31. The van der Waals surface area contributed by atoms with Crippen molar-refractivity contribution in [3.8, 4) is 22.8 Å². The number of hydrogen-bond acceptors (Lipinski definition) is 6. The van der Waals surface area contributed by atoms with Gasteiger partial charge in [-0.3, -0.25) is 0 Å². The van der Waals surface area contributed by atoms with E-state index in [1.807, 2.05) is 48.5 Å². The van der Waals surface area contributed by atoms with Crippen LogP contribution in [0.25, 0.3) is 22.8 Å². The molecule has 0 aliphatic heterocycles. The monoisotopic (exact) mass is 474 g/mol. The Hall–Kier alpha value is -2.32. The number of aromatic nitrogens is 4. The molecule has 0 unspecified atom stereocenters. The summed E-state index contributed by atoms with van der Waals surface area (Å²) in [7, 11) is 0. The highest BCUT2D eigenvalue weighted by Crippen LogP contribution is 2.21. The Morgan fingerprint density at radius 1 is 0.615 bits per heavy atom. The van der Waals surface area contributed by atoms with Gasteiger partial charge in [-0.15, -0.1) is 0 Å².